The second-order valence-corrected chi connectivity index (χ2v) is 6.65. The molecule has 142 valence electrons. The highest BCUT2D eigenvalue weighted by Crippen LogP contribution is 2.18. The molecule has 2 atom stereocenters. The summed E-state index contributed by atoms with van der Waals surface area (Å²) >= 11 is 0. The van der Waals surface area contributed by atoms with Crippen LogP contribution >= 0.6 is 0 Å². The highest BCUT2D eigenvalue weighted by Gasteiger charge is 2.24. The van der Waals surface area contributed by atoms with Crippen LogP contribution in [0.25, 0.3) is 0 Å². The van der Waals surface area contributed by atoms with Gasteiger partial charge in [0.2, 0.25) is 0 Å². The molecule has 6 heteroatoms. The molecule has 24 heavy (non-hydrogen) atoms. The molecule has 0 spiro atoms. The van der Waals surface area contributed by atoms with Gasteiger partial charge in [-0.2, -0.15) is 0 Å². The Morgan fingerprint density at radius 3 is 1.79 bits per heavy atom. The lowest BCUT2D eigenvalue weighted by molar-refractivity contribution is -0.143. The predicted octanol–water partition coefficient (Wildman–Crippen LogP) is 3.13. The summed E-state index contributed by atoms with van der Waals surface area (Å²) in [7, 11) is 0. The third kappa shape index (κ3) is 13.3. The van der Waals surface area contributed by atoms with Crippen molar-refractivity contribution in [2.45, 2.75) is 89.5 Å². The zero-order valence-corrected chi connectivity index (χ0v) is 14.9. The van der Waals surface area contributed by atoms with Crippen LogP contribution in [-0.4, -0.2) is 34.7 Å². The van der Waals surface area contributed by atoms with Crippen molar-refractivity contribution in [3.63, 3.8) is 0 Å². The molecule has 6 nitrogen and oxygen atoms in total. The van der Waals surface area contributed by atoms with Gasteiger partial charge in [0, 0.05) is 12.5 Å². The van der Waals surface area contributed by atoms with E-state index in [1.54, 1.807) is 0 Å². The summed E-state index contributed by atoms with van der Waals surface area (Å²) in [5.41, 5.74) is 11.5. The van der Waals surface area contributed by atoms with Crippen LogP contribution < -0.4 is 11.5 Å². The first kappa shape index (κ1) is 22.9. The maximum atomic E-state index is 11.4. The van der Waals surface area contributed by atoms with Gasteiger partial charge in [0.1, 0.15) is 0 Å². The van der Waals surface area contributed by atoms with Crippen LogP contribution in [0, 0.1) is 5.92 Å². The number of unbranched alkanes of at least 4 members (excludes halogenated alkanes) is 8. The highest BCUT2D eigenvalue weighted by molar-refractivity contribution is 5.70. The minimum atomic E-state index is -0.782. The van der Waals surface area contributed by atoms with Gasteiger partial charge >= 0.3 is 11.9 Å². The molecule has 0 amide bonds. The van der Waals surface area contributed by atoms with Gasteiger partial charge in [0.15, 0.2) is 0 Å². The summed E-state index contributed by atoms with van der Waals surface area (Å²) < 4.78 is 0. The molecule has 0 rings (SSSR count). The summed E-state index contributed by atoms with van der Waals surface area (Å²) in [6, 6.07) is -0.267. The summed E-state index contributed by atoms with van der Waals surface area (Å²) in [6.07, 6.45) is 11.4. The summed E-state index contributed by atoms with van der Waals surface area (Å²) in [4.78, 5) is 21.8. The first-order chi connectivity index (χ1) is 11.5. The maximum Gasteiger partial charge on any atom is 0.308 e. The van der Waals surface area contributed by atoms with E-state index >= 15 is 0 Å². The number of hydrogen-bond donors (Lipinski definition) is 4. The second-order valence-electron chi connectivity index (χ2n) is 6.65. The zero-order valence-electron chi connectivity index (χ0n) is 14.9. The molecule has 0 aromatic heterocycles. The molecule has 0 aliphatic heterocycles. The summed E-state index contributed by atoms with van der Waals surface area (Å²) in [5.74, 6) is -1.96. The van der Waals surface area contributed by atoms with Crippen LogP contribution in [0.2, 0.25) is 0 Å². The molecule has 0 fully saturated rings. The Balaban J connectivity index is 3.70. The van der Waals surface area contributed by atoms with E-state index in [0.29, 0.717) is 13.0 Å². The van der Waals surface area contributed by atoms with Gasteiger partial charge in [-0.1, -0.05) is 51.4 Å². The van der Waals surface area contributed by atoms with Crippen LogP contribution in [0.4, 0.5) is 0 Å². The molecule has 0 radical (unpaired) electrons. The van der Waals surface area contributed by atoms with Gasteiger partial charge in [0.25, 0.3) is 0 Å². The van der Waals surface area contributed by atoms with Crippen LogP contribution in [0.3, 0.4) is 0 Å². The molecule has 0 saturated carbocycles. The fourth-order valence-corrected chi connectivity index (χ4v) is 2.95. The van der Waals surface area contributed by atoms with Crippen LogP contribution in [0.5, 0.6) is 0 Å². The number of hydrogen-bond acceptors (Lipinski definition) is 4. The molecule has 0 heterocycles. The molecule has 0 bridgehead atoms. The lowest BCUT2D eigenvalue weighted by atomic mass is 9.90. The number of carboxylic acid groups (broad SMARTS) is 2. The summed E-state index contributed by atoms with van der Waals surface area (Å²) in [5, 5.41) is 17.9. The molecule has 0 aromatic rings. The quantitative estimate of drug-likeness (QED) is 0.300. The van der Waals surface area contributed by atoms with E-state index in [9.17, 15) is 14.7 Å². The van der Waals surface area contributed by atoms with Crippen molar-refractivity contribution >= 4 is 11.9 Å². The largest absolute Gasteiger partial charge is 0.481 e. The number of carboxylic acids is 2. The number of rotatable bonds is 17. The third-order valence-corrected chi connectivity index (χ3v) is 4.48. The normalized spacial score (nSPS) is 13.6. The van der Waals surface area contributed by atoms with E-state index in [0.717, 1.165) is 70.6 Å². The highest BCUT2D eigenvalue weighted by atomic mass is 16.4. The minimum Gasteiger partial charge on any atom is -0.481 e. The second kappa shape index (κ2) is 15.4. The predicted molar refractivity (Wildman–Crippen MR) is 95.8 cm³/mol. The number of nitrogens with two attached hydrogens (primary N) is 2. The molecule has 0 aliphatic rings. The van der Waals surface area contributed by atoms with Crippen LogP contribution in [-0.2, 0) is 9.59 Å². The Labute approximate surface area is 146 Å². The lowest BCUT2D eigenvalue weighted by Crippen LogP contribution is -2.35. The van der Waals surface area contributed by atoms with Gasteiger partial charge in [-0.05, 0) is 32.2 Å². The molecule has 6 N–H and O–H groups in total. The molecular formula is C18H36N2O4. The van der Waals surface area contributed by atoms with Crippen molar-refractivity contribution in [2.75, 3.05) is 6.54 Å². The monoisotopic (exact) mass is 344 g/mol. The average Bonchev–Trinajstić information content (AvgIpc) is 2.52. The molecule has 0 saturated heterocycles. The third-order valence-electron chi connectivity index (χ3n) is 4.48. The smallest absolute Gasteiger partial charge is 0.308 e. The van der Waals surface area contributed by atoms with Crippen molar-refractivity contribution < 1.29 is 19.8 Å². The van der Waals surface area contributed by atoms with Gasteiger partial charge < -0.3 is 21.7 Å². The van der Waals surface area contributed by atoms with Crippen molar-refractivity contribution in [3.05, 3.63) is 0 Å². The Hall–Kier alpha value is -1.14. The zero-order chi connectivity index (χ0) is 18.2. The fraction of sp³-hybridized carbons (Fsp3) is 0.889. The number of carbonyl (C=O) groups is 2. The maximum absolute atomic E-state index is 11.4. The Morgan fingerprint density at radius 1 is 0.750 bits per heavy atom. The van der Waals surface area contributed by atoms with E-state index in [1.165, 1.54) is 0 Å². The first-order valence-electron chi connectivity index (χ1n) is 9.39. The van der Waals surface area contributed by atoms with E-state index < -0.39 is 17.9 Å². The van der Waals surface area contributed by atoms with Crippen molar-refractivity contribution in [1.29, 1.82) is 0 Å². The SMILES string of the molecule is NCCCCCC(N)C(CCCCCCCCCC(=O)O)C(=O)O. The van der Waals surface area contributed by atoms with Gasteiger partial charge in [-0.25, -0.2) is 0 Å². The Bertz CT molecular complexity index is 337. The van der Waals surface area contributed by atoms with Crippen LogP contribution in [0.1, 0.15) is 83.5 Å². The van der Waals surface area contributed by atoms with Crippen molar-refractivity contribution in [1.82, 2.24) is 0 Å². The first-order valence-corrected chi connectivity index (χ1v) is 9.39. The lowest BCUT2D eigenvalue weighted by Gasteiger charge is -2.20. The van der Waals surface area contributed by atoms with Crippen LogP contribution in [0.15, 0.2) is 0 Å². The average molecular weight is 344 g/mol. The molecule has 2 unspecified atom stereocenters. The van der Waals surface area contributed by atoms with E-state index in [4.69, 9.17) is 16.6 Å². The molecule has 0 aromatic carbocycles. The number of aliphatic carboxylic acids is 2. The van der Waals surface area contributed by atoms with E-state index in [1.807, 2.05) is 0 Å². The standard InChI is InChI=1S/C18H36N2O4/c19-14-10-6-8-12-16(20)15(18(23)24)11-7-4-2-1-3-5-9-13-17(21)22/h15-16H,1-14,19-20H2,(H,21,22)(H,23,24). The van der Waals surface area contributed by atoms with Gasteiger partial charge in [-0.15, -0.1) is 0 Å². The van der Waals surface area contributed by atoms with E-state index in [-0.39, 0.29) is 12.5 Å². The van der Waals surface area contributed by atoms with Gasteiger partial charge in [0.05, 0.1) is 5.92 Å². The van der Waals surface area contributed by atoms with E-state index in [2.05, 4.69) is 0 Å². The fourth-order valence-electron chi connectivity index (χ4n) is 2.95. The molecular weight excluding hydrogens is 308 g/mol. The van der Waals surface area contributed by atoms with Gasteiger partial charge in [-0.3, -0.25) is 9.59 Å². The molecule has 0 aliphatic carbocycles. The Kier molecular flexibility index (Phi) is 14.7. The topological polar surface area (TPSA) is 127 Å². The summed E-state index contributed by atoms with van der Waals surface area (Å²) in [6.45, 7) is 0.675. The minimum absolute atomic E-state index is 0.253. The van der Waals surface area contributed by atoms with Crippen molar-refractivity contribution in [2.24, 2.45) is 17.4 Å². The Morgan fingerprint density at radius 2 is 1.25 bits per heavy atom. The van der Waals surface area contributed by atoms with Crippen molar-refractivity contribution in [3.8, 4) is 0 Å².